The lowest BCUT2D eigenvalue weighted by atomic mass is 9.85. The quantitative estimate of drug-likeness (QED) is 0.678. The van der Waals surface area contributed by atoms with Crippen molar-refractivity contribution in [3.63, 3.8) is 0 Å². The van der Waals surface area contributed by atoms with Gasteiger partial charge < -0.3 is 10.1 Å². The summed E-state index contributed by atoms with van der Waals surface area (Å²) < 4.78 is 5.59. The predicted octanol–water partition coefficient (Wildman–Crippen LogP) is 2.30. The lowest BCUT2D eigenvalue weighted by Crippen LogP contribution is -2.38. The van der Waals surface area contributed by atoms with Gasteiger partial charge >= 0.3 is 0 Å². The van der Waals surface area contributed by atoms with Crippen molar-refractivity contribution in [3.8, 4) is 0 Å². The Labute approximate surface area is 136 Å². The first-order valence-electron chi connectivity index (χ1n) is 6.94. The van der Waals surface area contributed by atoms with Crippen molar-refractivity contribution in [2.24, 2.45) is 11.8 Å². The molecule has 4 atom stereocenters. The van der Waals surface area contributed by atoms with Crippen molar-refractivity contribution >= 4 is 40.7 Å². The van der Waals surface area contributed by atoms with Crippen LogP contribution in [0.3, 0.4) is 0 Å². The number of carbonyl (C=O) groups is 2. The van der Waals surface area contributed by atoms with Crippen LogP contribution >= 0.6 is 23.2 Å². The third-order valence-electron chi connectivity index (χ3n) is 4.36. The molecule has 2 bridgehead atoms. The summed E-state index contributed by atoms with van der Waals surface area (Å²) in [6.07, 6.45) is 3.21. The number of anilines is 1. The van der Waals surface area contributed by atoms with Gasteiger partial charge in [0.1, 0.15) is 0 Å². The Morgan fingerprint density at radius 2 is 1.68 bits per heavy atom. The van der Waals surface area contributed by atoms with Crippen LogP contribution in [0.1, 0.15) is 0 Å². The largest absolute Gasteiger partial charge is 0.367 e. The van der Waals surface area contributed by atoms with Gasteiger partial charge in [-0.1, -0.05) is 35.4 Å². The first-order chi connectivity index (χ1) is 10.6. The maximum absolute atomic E-state index is 12.4. The third-order valence-corrected chi connectivity index (χ3v) is 5.10. The Morgan fingerprint density at radius 1 is 1.05 bits per heavy atom. The molecule has 22 heavy (non-hydrogen) atoms. The van der Waals surface area contributed by atoms with Gasteiger partial charge in [-0.15, -0.1) is 0 Å². The molecule has 3 aliphatic heterocycles. The number of ether oxygens (including phenoxy) is 1. The summed E-state index contributed by atoms with van der Waals surface area (Å²) in [5.74, 6) is -1.12. The number of hydrogen-bond acceptors (Lipinski definition) is 4. The van der Waals surface area contributed by atoms with Crippen LogP contribution in [0.2, 0.25) is 10.0 Å². The minimum atomic E-state index is -0.377. The van der Waals surface area contributed by atoms with Gasteiger partial charge in [0, 0.05) is 5.69 Å². The van der Waals surface area contributed by atoms with E-state index in [9.17, 15) is 9.59 Å². The summed E-state index contributed by atoms with van der Waals surface area (Å²) in [6.45, 7) is 0.113. The molecule has 0 aromatic heterocycles. The van der Waals surface area contributed by atoms with Crippen molar-refractivity contribution in [2.75, 3.05) is 12.0 Å². The second-order valence-corrected chi connectivity index (χ2v) is 6.38. The van der Waals surface area contributed by atoms with Crippen molar-refractivity contribution in [2.45, 2.75) is 12.2 Å². The molecule has 0 saturated carbocycles. The van der Waals surface area contributed by atoms with Gasteiger partial charge in [-0.3, -0.25) is 14.5 Å². The van der Waals surface area contributed by atoms with E-state index >= 15 is 0 Å². The third kappa shape index (κ3) is 1.96. The summed E-state index contributed by atoms with van der Waals surface area (Å²) in [6, 6.07) is 5.06. The van der Waals surface area contributed by atoms with Crippen LogP contribution in [-0.4, -0.2) is 35.6 Å². The minimum absolute atomic E-state index is 0.113. The zero-order chi connectivity index (χ0) is 15.4. The van der Waals surface area contributed by atoms with Gasteiger partial charge in [-0.05, 0) is 18.2 Å². The van der Waals surface area contributed by atoms with E-state index in [1.54, 1.807) is 18.2 Å². The van der Waals surface area contributed by atoms with E-state index in [1.165, 1.54) is 4.90 Å². The Balaban J connectivity index is 1.49. The first kappa shape index (κ1) is 14.1. The van der Waals surface area contributed by atoms with Crippen molar-refractivity contribution < 1.29 is 14.3 Å². The van der Waals surface area contributed by atoms with Crippen LogP contribution < -0.4 is 5.32 Å². The number of likely N-dealkylation sites (tertiary alicyclic amines) is 1. The Morgan fingerprint density at radius 3 is 2.27 bits per heavy atom. The van der Waals surface area contributed by atoms with E-state index in [1.807, 2.05) is 12.2 Å². The number of fused-ring (bicyclic) bond motifs is 5. The zero-order valence-electron chi connectivity index (χ0n) is 11.3. The minimum Gasteiger partial charge on any atom is -0.367 e. The molecule has 2 saturated heterocycles. The molecule has 4 rings (SSSR count). The van der Waals surface area contributed by atoms with E-state index in [4.69, 9.17) is 27.9 Å². The fraction of sp³-hybridized carbons (Fsp3) is 0.333. The Kier molecular flexibility index (Phi) is 3.18. The average Bonchev–Trinajstić information content (AvgIpc) is 3.16. The van der Waals surface area contributed by atoms with E-state index in [-0.39, 0.29) is 42.5 Å². The smallest absolute Gasteiger partial charge is 0.237 e. The summed E-state index contributed by atoms with van der Waals surface area (Å²) in [4.78, 5) is 26.1. The normalized spacial score (nSPS) is 32.0. The molecule has 5 nitrogen and oxygen atoms in total. The summed E-state index contributed by atoms with van der Waals surface area (Å²) in [5.41, 5.74) is 0.699. The standard InChI is InChI=1S/C15H12Cl2N2O3/c16-8-2-1-7(5-9(8)17)18-6-19-14(20)12-10-3-4-11(22-10)13(12)15(19)21/h1-5,10-13,18H,6H2/t10-,11-,12+,13+/m1/s1. The molecular weight excluding hydrogens is 327 g/mol. The zero-order valence-corrected chi connectivity index (χ0v) is 12.8. The molecule has 3 heterocycles. The molecule has 1 aromatic rings. The van der Waals surface area contributed by atoms with Gasteiger partial charge in [0.25, 0.3) is 0 Å². The van der Waals surface area contributed by atoms with Crippen LogP contribution in [0.25, 0.3) is 0 Å². The molecule has 2 fully saturated rings. The maximum atomic E-state index is 12.4. The first-order valence-corrected chi connectivity index (χ1v) is 7.70. The fourth-order valence-corrected chi connectivity index (χ4v) is 3.60. The number of carbonyl (C=O) groups excluding carboxylic acids is 2. The highest BCUT2D eigenvalue weighted by molar-refractivity contribution is 6.42. The molecular formula is C15H12Cl2N2O3. The van der Waals surface area contributed by atoms with Crippen LogP contribution in [-0.2, 0) is 14.3 Å². The van der Waals surface area contributed by atoms with E-state index in [0.717, 1.165) is 0 Å². The van der Waals surface area contributed by atoms with Crippen LogP contribution in [0.15, 0.2) is 30.4 Å². The summed E-state index contributed by atoms with van der Waals surface area (Å²) >= 11 is 11.8. The lowest BCUT2D eigenvalue weighted by molar-refractivity contribution is -0.141. The van der Waals surface area contributed by atoms with Crippen LogP contribution in [0.4, 0.5) is 5.69 Å². The predicted molar refractivity (Wildman–Crippen MR) is 81.6 cm³/mol. The molecule has 0 radical (unpaired) electrons. The number of rotatable bonds is 3. The highest BCUT2D eigenvalue weighted by Gasteiger charge is 2.60. The molecule has 1 aromatic carbocycles. The SMILES string of the molecule is O=C1[C@@H]2[C@@H](C(=O)N1CNc1ccc(Cl)c(Cl)c1)[C@H]1C=C[C@H]2O1. The molecule has 3 aliphatic rings. The number of benzene rings is 1. The van der Waals surface area contributed by atoms with Gasteiger partial charge in [0.15, 0.2) is 0 Å². The molecule has 7 heteroatoms. The van der Waals surface area contributed by atoms with Gasteiger partial charge in [-0.25, -0.2) is 0 Å². The number of nitrogens with one attached hydrogen (secondary N) is 1. The van der Waals surface area contributed by atoms with Gasteiger partial charge in [0.2, 0.25) is 11.8 Å². The number of hydrogen-bond donors (Lipinski definition) is 1. The average molecular weight is 339 g/mol. The van der Waals surface area contributed by atoms with E-state index in [0.29, 0.717) is 15.7 Å². The molecule has 2 amide bonds. The van der Waals surface area contributed by atoms with Gasteiger partial charge in [-0.2, -0.15) is 0 Å². The molecule has 0 unspecified atom stereocenters. The molecule has 0 spiro atoms. The van der Waals surface area contributed by atoms with Crippen molar-refractivity contribution in [1.82, 2.24) is 4.90 Å². The number of nitrogens with zero attached hydrogens (tertiary/aromatic N) is 1. The topological polar surface area (TPSA) is 58.6 Å². The Hall–Kier alpha value is -1.56. The second-order valence-electron chi connectivity index (χ2n) is 5.57. The fourth-order valence-electron chi connectivity index (χ4n) is 3.30. The number of imide groups is 1. The monoisotopic (exact) mass is 338 g/mol. The number of amides is 2. The van der Waals surface area contributed by atoms with Gasteiger partial charge in [0.05, 0.1) is 40.8 Å². The Bertz CT molecular complexity index is 676. The van der Waals surface area contributed by atoms with E-state index < -0.39 is 0 Å². The summed E-state index contributed by atoms with van der Waals surface area (Å²) in [5, 5.41) is 3.90. The van der Waals surface area contributed by atoms with E-state index in [2.05, 4.69) is 5.32 Å². The lowest BCUT2D eigenvalue weighted by Gasteiger charge is -2.18. The number of halogens is 2. The molecule has 0 aliphatic carbocycles. The summed E-state index contributed by atoms with van der Waals surface area (Å²) in [7, 11) is 0. The second kappa shape index (κ2) is 4.98. The molecule has 114 valence electrons. The molecule has 1 N–H and O–H groups in total. The van der Waals surface area contributed by atoms with Crippen molar-refractivity contribution in [1.29, 1.82) is 0 Å². The van der Waals surface area contributed by atoms with Crippen LogP contribution in [0.5, 0.6) is 0 Å². The highest BCUT2D eigenvalue weighted by Crippen LogP contribution is 2.44. The maximum Gasteiger partial charge on any atom is 0.237 e. The van der Waals surface area contributed by atoms with Crippen LogP contribution in [0, 0.1) is 11.8 Å². The highest BCUT2D eigenvalue weighted by atomic mass is 35.5. The van der Waals surface area contributed by atoms with Crippen molar-refractivity contribution in [3.05, 3.63) is 40.4 Å².